The van der Waals surface area contributed by atoms with Crippen molar-refractivity contribution in [2.75, 3.05) is 6.54 Å². The summed E-state index contributed by atoms with van der Waals surface area (Å²) in [5.41, 5.74) is 3.27. The third kappa shape index (κ3) is 5.02. The SMILES string of the molecule is Cc1cccnc1-n1cccc1CN(CCCn1ccnc1)Cc1cccc(F)c1. The molecule has 154 valence electrons. The molecule has 0 aliphatic heterocycles. The first kappa shape index (κ1) is 20.0. The monoisotopic (exact) mass is 403 g/mol. The molecule has 0 amide bonds. The van der Waals surface area contributed by atoms with Crippen molar-refractivity contribution in [2.45, 2.75) is 33.0 Å². The van der Waals surface area contributed by atoms with Crippen LogP contribution in [0.1, 0.15) is 23.2 Å². The van der Waals surface area contributed by atoms with Crippen molar-refractivity contribution < 1.29 is 4.39 Å². The molecule has 0 fully saturated rings. The number of aromatic nitrogens is 4. The molecule has 0 bridgehead atoms. The Morgan fingerprint density at radius 1 is 1.00 bits per heavy atom. The Morgan fingerprint density at radius 3 is 2.73 bits per heavy atom. The van der Waals surface area contributed by atoms with Crippen molar-refractivity contribution in [3.05, 3.63) is 102 Å². The maximum Gasteiger partial charge on any atom is 0.139 e. The molecule has 4 aromatic rings. The number of nitrogens with zero attached hydrogens (tertiary/aromatic N) is 5. The summed E-state index contributed by atoms with van der Waals surface area (Å²) in [4.78, 5) is 11.0. The van der Waals surface area contributed by atoms with Crippen LogP contribution in [0.3, 0.4) is 0 Å². The lowest BCUT2D eigenvalue weighted by Crippen LogP contribution is -2.26. The predicted molar refractivity (Wildman–Crippen MR) is 116 cm³/mol. The maximum absolute atomic E-state index is 13.7. The van der Waals surface area contributed by atoms with E-state index in [-0.39, 0.29) is 5.82 Å². The summed E-state index contributed by atoms with van der Waals surface area (Å²) in [5, 5.41) is 0. The highest BCUT2D eigenvalue weighted by molar-refractivity contribution is 5.35. The second-order valence-corrected chi connectivity index (χ2v) is 7.51. The molecule has 0 spiro atoms. The topological polar surface area (TPSA) is 38.9 Å². The van der Waals surface area contributed by atoms with Gasteiger partial charge in [-0.15, -0.1) is 0 Å². The number of imidazole rings is 1. The minimum absolute atomic E-state index is 0.196. The zero-order valence-electron chi connectivity index (χ0n) is 17.2. The Bertz CT molecular complexity index is 1070. The lowest BCUT2D eigenvalue weighted by Gasteiger charge is -2.24. The number of rotatable bonds is 9. The molecule has 0 aliphatic carbocycles. The number of halogens is 1. The molecule has 3 aromatic heterocycles. The summed E-state index contributed by atoms with van der Waals surface area (Å²) in [6.07, 6.45) is 10.5. The van der Waals surface area contributed by atoms with Crippen molar-refractivity contribution in [2.24, 2.45) is 0 Å². The van der Waals surface area contributed by atoms with Gasteiger partial charge in [0.1, 0.15) is 11.6 Å². The quantitative estimate of drug-likeness (QED) is 0.410. The predicted octanol–water partition coefficient (Wildman–Crippen LogP) is 4.61. The fourth-order valence-electron chi connectivity index (χ4n) is 3.71. The van der Waals surface area contributed by atoms with E-state index in [4.69, 9.17) is 0 Å². The van der Waals surface area contributed by atoms with Crippen LogP contribution in [0.15, 0.2) is 79.6 Å². The first-order chi connectivity index (χ1) is 14.7. The van der Waals surface area contributed by atoms with E-state index >= 15 is 0 Å². The molecule has 6 heteroatoms. The van der Waals surface area contributed by atoms with E-state index in [9.17, 15) is 4.39 Å². The van der Waals surface area contributed by atoms with Gasteiger partial charge in [0.15, 0.2) is 0 Å². The van der Waals surface area contributed by atoms with E-state index in [0.717, 1.165) is 48.7 Å². The highest BCUT2D eigenvalue weighted by atomic mass is 19.1. The van der Waals surface area contributed by atoms with E-state index < -0.39 is 0 Å². The van der Waals surface area contributed by atoms with E-state index in [1.807, 2.05) is 30.9 Å². The van der Waals surface area contributed by atoms with Crippen LogP contribution in [-0.2, 0) is 19.6 Å². The molecule has 0 saturated carbocycles. The van der Waals surface area contributed by atoms with Gasteiger partial charge in [0.25, 0.3) is 0 Å². The molecular weight excluding hydrogens is 377 g/mol. The van der Waals surface area contributed by atoms with Crippen molar-refractivity contribution in [3.8, 4) is 5.82 Å². The van der Waals surface area contributed by atoms with Crippen LogP contribution in [0, 0.1) is 12.7 Å². The van der Waals surface area contributed by atoms with Crippen LogP contribution in [-0.4, -0.2) is 30.5 Å². The first-order valence-electron chi connectivity index (χ1n) is 10.2. The van der Waals surface area contributed by atoms with E-state index in [0.29, 0.717) is 6.54 Å². The summed E-state index contributed by atoms with van der Waals surface area (Å²) in [5.74, 6) is 0.750. The second-order valence-electron chi connectivity index (χ2n) is 7.51. The molecule has 0 unspecified atom stereocenters. The van der Waals surface area contributed by atoms with E-state index in [2.05, 4.69) is 55.3 Å². The van der Waals surface area contributed by atoms with Gasteiger partial charge in [-0.2, -0.15) is 0 Å². The summed E-state index contributed by atoms with van der Waals surface area (Å²) < 4.78 is 17.9. The van der Waals surface area contributed by atoms with E-state index in [1.54, 1.807) is 18.3 Å². The second kappa shape index (κ2) is 9.50. The van der Waals surface area contributed by atoms with Crippen molar-refractivity contribution in [1.29, 1.82) is 0 Å². The highest BCUT2D eigenvalue weighted by Crippen LogP contribution is 2.18. The molecular formula is C24H26FN5. The Balaban J connectivity index is 1.52. The Labute approximate surface area is 176 Å². The molecule has 0 radical (unpaired) electrons. The smallest absolute Gasteiger partial charge is 0.139 e. The third-order valence-corrected chi connectivity index (χ3v) is 5.17. The summed E-state index contributed by atoms with van der Waals surface area (Å²) >= 11 is 0. The zero-order chi connectivity index (χ0) is 20.8. The van der Waals surface area contributed by atoms with Gasteiger partial charge in [-0.05, 0) is 54.8 Å². The molecule has 0 saturated heterocycles. The van der Waals surface area contributed by atoms with Crippen LogP contribution in [0.4, 0.5) is 4.39 Å². The molecule has 0 aliphatic rings. The van der Waals surface area contributed by atoms with E-state index in [1.165, 1.54) is 6.07 Å². The Kier molecular flexibility index (Phi) is 6.35. The standard InChI is InChI=1S/C24H26FN5/c1-20-6-3-10-27-24(20)30-14-4-9-23(30)18-29(13-5-12-28-15-11-26-19-28)17-21-7-2-8-22(25)16-21/h2-4,6-11,14-16,19H,5,12-13,17-18H2,1H3. The number of aryl methyl sites for hydroxylation is 2. The molecule has 5 nitrogen and oxygen atoms in total. The third-order valence-electron chi connectivity index (χ3n) is 5.17. The number of hydrogen-bond donors (Lipinski definition) is 0. The Hall–Kier alpha value is -3.25. The summed E-state index contributed by atoms with van der Waals surface area (Å²) in [7, 11) is 0. The van der Waals surface area contributed by atoms with Gasteiger partial charge in [-0.25, -0.2) is 14.4 Å². The molecule has 0 atom stereocenters. The van der Waals surface area contributed by atoms with Crippen LogP contribution in [0.25, 0.3) is 5.82 Å². The minimum Gasteiger partial charge on any atom is -0.337 e. The van der Waals surface area contributed by atoms with Gasteiger partial charge in [-0.3, -0.25) is 4.90 Å². The van der Waals surface area contributed by atoms with Crippen LogP contribution >= 0.6 is 0 Å². The maximum atomic E-state index is 13.7. The summed E-state index contributed by atoms with van der Waals surface area (Å²) in [6.45, 7) is 5.31. The van der Waals surface area contributed by atoms with Crippen molar-refractivity contribution in [1.82, 2.24) is 24.0 Å². The number of pyridine rings is 1. The van der Waals surface area contributed by atoms with Crippen LogP contribution in [0.2, 0.25) is 0 Å². The van der Waals surface area contributed by atoms with Gasteiger partial charge >= 0.3 is 0 Å². The van der Waals surface area contributed by atoms with Gasteiger partial charge in [0.2, 0.25) is 0 Å². The Morgan fingerprint density at radius 2 is 1.93 bits per heavy atom. The van der Waals surface area contributed by atoms with Crippen LogP contribution < -0.4 is 0 Å². The molecule has 3 heterocycles. The zero-order valence-corrected chi connectivity index (χ0v) is 17.2. The average Bonchev–Trinajstić information content (AvgIpc) is 3.41. The fourth-order valence-corrected chi connectivity index (χ4v) is 3.71. The molecule has 4 rings (SSSR count). The van der Waals surface area contributed by atoms with Crippen molar-refractivity contribution in [3.63, 3.8) is 0 Å². The fraction of sp³-hybridized carbons (Fsp3) is 0.250. The minimum atomic E-state index is -0.196. The average molecular weight is 404 g/mol. The van der Waals surface area contributed by atoms with Gasteiger partial charge in [0, 0.05) is 56.7 Å². The van der Waals surface area contributed by atoms with Crippen molar-refractivity contribution >= 4 is 0 Å². The number of benzene rings is 1. The summed E-state index contributed by atoms with van der Waals surface area (Å²) in [6, 6.07) is 15.1. The lowest BCUT2D eigenvalue weighted by atomic mass is 10.2. The van der Waals surface area contributed by atoms with Gasteiger partial charge in [-0.1, -0.05) is 18.2 Å². The van der Waals surface area contributed by atoms with Gasteiger partial charge < -0.3 is 9.13 Å². The van der Waals surface area contributed by atoms with Gasteiger partial charge in [0.05, 0.1) is 6.33 Å². The lowest BCUT2D eigenvalue weighted by molar-refractivity contribution is 0.244. The highest BCUT2D eigenvalue weighted by Gasteiger charge is 2.13. The number of hydrogen-bond acceptors (Lipinski definition) is 3. The first-order valence-corrected chi connectivity index (χ1v) is 10.2. The normalized spacial score (nSPS) is 11.3. The molecule has 30 heavy (non-hydrogen) atoms. The largest absolute Gasteiger partial charge is 0.337 e. The molecule has 1 aromatic carbocycles. The van der Waals surface area contributed by atoms with Crippen LogP contribution in [0.5, 0.6) is 0 Å². The molecule has 0 N–H and O–H groups in total.